The van der Waals surface area contributed by atoms with E-state index in [9.17, 15) is 4.79 Å². The standard InChI is InChI=1S/C13H17ClN2O.ClH/c14-11-6-2-1-5-10(11)13(17)16-12-7-3-4-9(12)8-15;/h1-2,5-6,9,12H,3-4,7-8,15H2,(H,16,17);1H. The van der Waals surface area contributed by atoms with Crippen LogP contribution in [0.1, 0.15) is 29.6 Å². The van der Waals surface area contributed by atoms with Crippen LogP contribution < -0.4 is 11.1 Å². The lowest BCUT2D eigenvalue weighted by molar-refractivity contribution is 0.0929. The van der Waals surface area contributed by atoms with E-state index >= 15 is 0 Å². The minimum absolute atomic E-state index is 0. The number of hydrogen-bond donors (Lipinski definition) is 2. The fourth-order valence-corrected chi connectivity index (χ4v) is 2.62. The first-order valence-electron chi connectivity index (χ1n) is 5.98. The van der Waals surface area contributed by atoms with Gasteiger partial charge in [-0.15, -0.1) is 12.4 Å². The number of carbonyl (C=O) groups is 1. The maximum absolute atomic E-state index is 12.0. The summed E-state index contributed by atoms with van der Waals surface area (Å²) in [5, 5.41) is 3.53. The third-order valence-corrected chi connectivity index (χ3v) is 3.73. The van der Waals surface area contributed by atoms with Crippen LogP contribution in [-0.4, -0.2) is 18.5 Å². The van der Waals surface area contributed by atoms with Gasteiger partial charge >= 0.3 is 0 Å². The van der Waals surface area contributed by atoms with Crippen LogP contribution in [0.25, 0.3) is 0 Å². The van der Waals surface area contributed by atoms with E-state index in [1.807, 2.05) is 12.1 Å². The van der Waals surface area contributed by atoms with Gasteiger partial charge in [0.05, 0.1) is 10.6 Å². The van der Waals surface area contributed by atoms with E-state index in [4.69, 9.17) is 17.3 Å². The zero-order valence-corrected chi connectivity index (χ0v) is 11.6. The van der Waals surface area contributed by atoms with Crippen molar-refractivity contribution in [2.75, 3.05) is 6.54 Å². The highest BCUT2D eigenvalue weighted by molar-refractivity contribution is 6.33. The topological polar surface area (TPSA) is 55.1 Å². The summed E-state index contributed by atoms with van der Waals surface area (Å²) in [4.78, 5) is 12.0. The van der Waals surface area contributed by atoms with Crippen molar-refractivity contribution in [3.8, 4) is 0 Å². The molecule has 2 unspecified atom stereocenters. The van der Waals surface area contributed by atoms with Crippen molar-refractivity contribution in [1.29, 1.82) is 0 Å². The van der Waals surface area contributed by atoms with Gasteiger partial charge in [-0.05, 0) is 37.4 Å². The van der Waals surface area contributed by atoms with E-state index in [2.05, 4.69) is 5.32 Å². The predicted molar refractivity (Wildman–Crippen MR) is 76.3 cm³/mol. The van der Waals surface area contributed by atoms with Crippen molar-refractivity contribution in [2.24, 2.45) is 11.7 Å². The normalized spacial score (nSPS) is 22.3. The number of halogens is 2. The van der Waals surface area contributed by atoms with Crippen molar-refractivity contribution in [1.82, 2.24) is 5.32 Å². The predicted octanol–water partition coefficient (Wildman–Crippen LogP) is 2.62. The Morgan fingerprint density at radius 1 is 1.39 bits per heavy atom. The van der Waals surface area contributed by atoms with E-state index in [0.717, 1.165) is 19.3 Å². The molecule has 0 aromatic heterocycles. The van der Waals surface area contributed by atoms with Gasteiger partial charge < -0.3 is 11.1 Å². The molecule has 18 heavy (non-hydrogen) atoms. The molecule has 100 valence electrons. The molecule has 1 aliphatic rings. The molecular formula is C13H18Cl2N2O. The highest BCUT2D eigenvalue weighted by Gasteiger charge is 2.27. The summed E-state index contributed by atoms with van der Waals surface area (Å²) in [6.07, 6.45) is 3.25. The number of nitrogens with one attached hydrogen (secondary N) is 1. The fourth-order valence-electron chi connectivity index (χ4n) is 2.40. The molecule has 2 atom stereocenters. The molecule has 1 fully saturated rings. The van der Waals surface area contributed by atoms with Crippen LogP contribution in [0.5, 0.6) is 0 Å². The van der Waals surface area contributed by atoms with Gasteiger partial charge in [-0.3, -0.25) is 4.79 Å². The number of rotatable bonds is 3. The quantitative estimate of drug-likeness (QED) is 0.898. The molecule has 0 heterocycles. The maximum Gasteiger partial charge on any atom is 0.253 e. The zero-order valence-electron chi connectivity index (χ0n) is 10.1. The number of benzene rings is 1. The second kappa shape index (κ2) is 6.98. The Kier molecular flexibility index (Phi) is 5.93. The second-order valence-corrected chi connectivity index (χ2v) is 4.89. The van der Waals surface area contributed by atoms with Gasteiger partial charge in [0.15, 0.2) is 0 Å². The van der Waals surface area contributed by atoms with Crippen LogP contribution in [0.15, 0.2) is 24.3 Å². The van der Waals surface area contributed by atoms with E-state index in [1.54, 1.807) is 12.1 Å². The molecule has 0 aliphatic heterocycles. The Bertz CT molecular complexity index is 412. The SMILES string of the molecule is Cl.NCC1CCCC1NC(=O)c1ccccc1Cl. The molecule has 0 radical (unpaired) electrons. The number of nitrogens with two attached hydrogens (primary N) is 1. The molecule has 2 rings (SSSR count). The Balaban J connectivity index is 0.00000162. The lowest BCUT2D eigenvalue weighted by Crippen LogP contribution is -2.39. The highest BCUT2D eigenvalue weighted by atomic mass is 35.5. The van der Waals surface area contributed by atoms with Gasteiger partial charge in [-0.25, -0.2) is 0 Å². The summed E-state index contributed by atoms with van der Waals surface area (Å²) in [6, 6.07) is 7.30. The summed E-state index contributed by atoms with van der Waals surface area (Å²) in [6.45, 7) is 0.632. The average molecular weight is 289 g/mol. The van der Waals surface area contributed by atoms with Gasteiger partial charge in [-0.2, -0.15) is 0 Å². The van der Waals surface area contributed by atoms with Crippen LogP contribution >= 0.6 is 24.0 Å². The lowest BCUT2D eigenvalue weighted by atomic mass is 10.0. The van der Waals surface area contributed by atoms with Crippen LogP contribution in [0.2, 0.25) is 5.02 Å². The van der Waals surface area contributed by atoms with Crippen molar-refractivity contribution < 1.29 is 4.79 Å². The molecule has 0 spiro atoms. The van der Waals surface area contributed by atoms with Crippen LogP contribution in [0.4, 0.5) is 0 Å². The van der Waals surface area contributed by atoms with Gasteiger partial charge in [0.2, 0.25) is 0 Å². The molecule has 0 bridgehead atoms. The average Bonchev–Trinajstić information content (AvgIpc) is 2.76. The maximum atomic E-state index is 12.0. The van der Waals surface area contributed by atoms with E-state index < -0.39 is 0 Å². The number of carbonyl (C=O) groups excluding carboxylic acids is 1. The minimum atomic E-state index is -0.0963. The first kappa shape index (κ1) is 15.3. The molecule has 1 aromatic carbocycles. The van der Waals surface area contributed by atoms with Gasteiger partial charge in [0.1, 0.15) is 0 Å². The second-order valence-electron chi connectivity index (χ2n) is 4.49. The van der Waals surface area contributed by atoms with Crippen LogP contribution in [-0.2, 0) is 0 Å². The van der Waals surface area contributed by atoms with Gasteiger partial charge in [-0.1, -0.05) is 30.2 Å². The molecule has 5 heteroatoms. The van der Waals surface area contributed by atoms with Gasteiger partial charge in [0.25, 0.3) is 5.91 Å². The Morgan fingerprint density at radius 2 is 2.11 bits per heavy atom. The monoisotopic (exact) mass is 288 g/mol. The molecule has 1 saturated carbocycles. The molecule has 3 nitrogen and oxygen atoms in total. The first-order chi connectivity index (χ1) is 8.22. The highest BCUT2D eigenvalue weighted by Crippen LogP contribution is 2.25. The Hall–Kier alpha value is -0.770. The van der Waals surface area contributed by atoms with Crippen molar-refractivity contribution in [3.63, 3.8) is 0 Å². The van der Waals surface area contributed by atoms with E-state index in [1.165, 1.54) is 0 Å². The Morgan fingerprint density at radius 3 is 2.78 bits per heavy atom. The first-order valence-corrected chi connectivity index (χ1v) is 6.35. The molecule has 1 aliphatic carbocycles. The fraction of sp³-hybridized carbons (Fsp3) is 0.462. The summed E-state index contributed by atoms with van der Waals surface area (Å²) in [5.74, 6) is 0.308. The number of hydrogen-bond acceptors (Lipinski definition) is 2. The third kappa shape index (κ3) is 3.37. The lowest BCUT2D eigenvalue weighted by Gasteiger charge is -2.19. The molecule has 1 aromatic rings. The van der Waals surface area contributed by atoms with Crippen molar-refractivity contribution in [2.45, 2.75) is 25.3 Å². The number of amides is 1. The van der Waals surface area contributed by atoms with E-state index in [-0.39, 0.29) is 24.4 Å². The zero-order chi connectivity index (χ0) is 12.3. The molecular weight excluding hydrogens is 271 g/mol. The van der Waals surface area contributed by atoms with E-state index in [0.29, 0.717) is 23.0 Å². The Labute approximate surface area is 118 Å². The minimum Gasteiger partial charge on any atom is -0.349 e. The molecule has 1 amide bonds. The van der Waals surface area contributed by atoms with Crippen molar-refractivity contribution in [3.05, 3.63) is 34.9 Å². The summed E-state index contributed by atoms with van der Waals surface area (Å²) < 4.78 is 0. The van der Waals surface area contributed by atoms with Crippen molar-refractivity contribution >= 4 is 29.9 Å². The van der Waals surface area contributed by atoms with Gasteiger partial charge in [0, 0.05) is 6.04 Å². The molecule has 3 N–H and O–H groups in total. The molecule has 0 saturated heterocycles. The summed E-state index contributed by atoms with van der Waals surface area (Å²) in [5.41, 5.74) is 6.23. The summed E-state index contributed by atoms with van der Waals surface area (Å²) in [7, 11) is 0. The summed E-state index contributed by atoms with van der Waals surface area (Å²) >= 11 is 5.99. The smallest absolute Gasteiger partial charge is 0.253 e. The van der Waals surface area contributed by atoms with Crippen LogP contribution in [0.3, 0.4) is 0 Å². The third-order valence-electron chi connectivity index (χ3n) is 3.40. The van der Waals surface area contributed by atoms with Crippen LogP contribution in [0, 0.1) is 5.92 Å². The largest absolute Gasteiger partial charge is 0.349 e.